The molecule has 0 saturated carbocycles. The van der Waals surface area contributed by atoms with Crippen LogP contribution < -0.4 is 10.0 Å². The van der Waals surface area contributed by atoms with Gasteiger partial charge in [-0.05, 0) is 50.0 Å². The van der Waals surface area contributed by atoms with E-state index in [1.807, 2.05) is 0 Å². The van der Waals surface area contributed by atoms with E-state index in [1.54, 1.807) is 0 Å². The van der Waals surface area contributed by atoms with Crippen LogP contribution in [0.5, 0.6) is 0 Å². The molecule has 2 N–H and O–H groups in total. The van der Waals surface area contributed by atoms with E-state index in [0.29, 0.717) is 12.6 Å². The first-order valence-corrected chi connectivity index (χ1v) is 7.63. The van der Waals surface area contributed by atoms with Gasteiger partial charge in [-0.25, -0.2) is 21.9 Å². The zero-order chi connectivity index (χ0) is 13.9. The van der Waals surface area contributed by atoms with Gasteiger partial charge < -0.3 is 5.32 Å². The van der Waals surface area contributed by atoms with Gasteiger partial charge in [0.2, 0.25) is 10.0 Å². The standard InChI is InChI=1S/C12H16F2N2O2S/c13-11-4-3-10(6-12(11)14)19(17,18)16-8-9-2-1-5-15-7-9/h3-4,6,9,15-16H,1-2,5,7-8H2. The van der Waals surface area contributed by atoms with Crippen LogP contribution in [0.4, 0.5) is 8.78 Å². The van der Waals surface area contributed by atoms with Crippen molar-refractivity contribution in [3.8, 4) is 0 Å². The first-order chi connectivity index (χ1) is 8.99. The highest BCUT2D eigenvalue weighted by Gasteiger charge is 2.19. The van der Waals surface area contributed by atoms with Crippen molar-refractivity contribution >= 4 is 10.0 Å². The highest BCUT2D eigenvalue weighted by atomic mass is 32.2. The third-order valence-electron chi connectivity index (χ3n) is 3.16. The molecule has 1 aliphatic rings. The molecule has 0 aromatic heterocycles. The summed E-state index contributed by atoms with van der Waals surface area (Å²) in [6.07, 6.45) is 1.96. The molecule has 1 unspecified atom stereocenters. The minimum atomic E-state index is -3.78. The van der Waals surface area contributed by atoms with Gasteiger partial charge in [-0.3, -0.25) is 0 Å². The molecule has 0 spiro atoms. The summed E-state index contributed by atoms with van der Waals surface area (Å²) in [6.45, 7) is 2.01. The Balaban J connectivity index is 2.02. The minimum Gasteiger partial charge on any atom is -0.316 e. The van der Waals surface area contributed by atoms with Crippen LogP contribution in [0.1, 0.15) is 12.8 Å². The number of halogens is 2. The molecule has 0 radical (unpaired) electrons. The quantitative estimate of drug-likeness (QED) is 0.877. The maximum Gasteiger partial charge on any atom is 0.240 e. The van der Waals surface area contributed by atoms with Gasteiger partial charge in [-0.2, -0.15) is 0 Å². The lowest BCUT2D eigenvalue weighted by atomic mass is 10.0. The van der Waals surface area contributed by atoms with E-state index in [0.717, 1.165) is 38.1 Å². The van der Waals surface area contributed by atoms with Crippen molar-refractivity contribution in [3.63, 3.8) is 0 Å². The second-order valence-corrected chi connectivity index (χ2v) is 6.41. The number of rotatable bonds is 4. The second kappa shape index (κ2) is 5.94. The summed E-state index contributed by atoms with van der Waals surface area (Å²) in [7, 11) is -3.78. The molecule has 0 aliphatic carbocycles. The molecule has 1 saturated heterocycles. The molecule has 106 valence electrons. The largest absolute Gasteiger partial charge is 0.316 e. The van der Waals surface area contributed by atoms with Crippen molar-refractivity contribution in [2.24, 2.45) is 5.92 Å². The maximum atomic E-state index is 13.0. The highest BCUT2D eigenvalue weighted by molar-refractivity contribution is 7.89. The summed E-state index contributed by atoms with van der Waals surface area (Å²) in [5.74, 6) is -1.99. The van der Waals surface area contributed by atoms with Crippen LogP contribution in [0.15, 0.2) is 23.1 Å². The number of sulfonamides is 1. The van der Waals surface area contributed by atoms with Crippen LogP contribution in [0.2, 0.25) is 0 Å². The zero-order valence-electron chi connectivity index (χ0n) is 10.3. The number of hydrogen-bond donors (Lipinski definition) is 2. The average molecular weight is 290 g/mol. The van der Waals surface area contributed by atoms with Crippen molar-refractivity contribution in [2.45, 2.75) is 17.7 Å². The van der Waals surface area contributed by atoms with Gasteiger partial charge in [0.1, 0.15) is 0 Å². The van der Waals surface area contributed by atoms with E-state index in [-0.39, 0.29) is 10.8 Å². The Kier molecular flexibility index (Phi) is 4.49. The topological polar surface area (TPSA) is 58.2 Å². The smallest absolute Gasteiger partial charge is 0.240 e. The average Bonchev–Trinajstić information content (AvgIpc) is 2.41. The fourth-order valence-electron chi connectivity index (χ4n) is 2.05. The van der Waals surface area contributed by atoms with Crippen molar-refractivity contribution in [2.75, 3.05) is 19.6 Å². The fourth-order valence-corrected chi connectivity index (χ4v) is 3.18. The van der Waals surface area contributed by atoms with Crippen LogP contribution in [0.25, 0.3) is 0 Å². The number of piperidine rings is 1. The van der Waals surface area contributed by atoms with Crippen LogP contribution >= 0.6 is 0 Å². The van der Waals surface area contributed by atoms with Gasteiger partial charge in [0, 0.05) is 6.54 Å². The second-order valence-electron chi connectivity index (χ2n) is 4.64. The summed E-state index contributed by atoms with van der Waals surface area (Å²) in [6, 6.07) is 2.56. The van der Waals surface area contributed by atoms with Gasteiger partial charge in [0.25, 0.3) is 0 Å². The molecular formula is C12H16F2N2O2S. The monoisotopic (exact) mass is 290 g/mol. The number of hydrogen-bond acceptors (Lipinski definition) is 3. The Morgan fingerprint density at radius 2 is 2.11 bits per heavy atom. The van der Waals surface area contributed by atoms with Gasteiger partial charge in [0.15, 0.2) is 11.6 Å². The third-order valence-corrected chi connectivity index (χ3v) is 4.58. The van der Waals surface area contributed by atoms with Crippen LogP contribution in [-0.4, -0.2) is 28.1 Å². The summed E-state index contributed by atoms with van der Waals surface area (Å²) < 4.78 is 52.1. The molecule has 1 fully saturated rings. The maximum absolute atomic E-state index is 13.0. The Hall–Kier alpha value is -1.05. The molecular weight excluding hydrogens is 274 g/mol. The normalized spacial score (nSPS) is 20.4. The Bertz CT molecular complexity index is 543. The Morgan fingerprint density at radius 3 is 2.74 bits per heavy atom. The first-order valence-electron chi connectivity index (χ1n) is 6.14. The molecule has 1 heterocycles. The van der Waals surface area contributed by atoms with Crippen LogP contribution in [0, 0.1) is 17.6 Å². The predicted octanol–water partition coefficient (Wildman–Crippen LogP) is 1.24. The molecule has 1 aromatic rings. The first kappa shape index (κ1) is 14.4. The Labute approximate surface area is 111 Å². The molecule has 1 atom stereocenters. The lowest BCUT2D eigenvalue weighted by Crippen LogP contribution is -2.38. The molecule has 1 aliphatic heterocycles. The highest BCUT2D eigenvalue weighted by Crippen LogP contribution is 2.15. The fraction of sp³-hybridized carbons (Fsp3) is 0.500. The molecule has 7 heteroatoms. The van der Waals surface area contributed by atoms with E-state index in [1.165, 1.54) is 0 Å². The van der Waals surface area contributed by atoms with Crippen molar-refractivity contribution < 1.29 is 17.2 Å². The summed E-state index contributed by atoms with van der Waals surface area (Å²) in [5.41, 5.74) is 0. The minimum absolute atomic E-state index is 0.230. The van der Waals surface area contributed by atoms with E-state index in [2.05, 4.69) is 10.0 Å². The van der Waals surface area contributed by atoms with Crippen LogP contribution in [-0.2, 0) is 10.0 Å². The van der Waals surface area contributed by atoms with Crippen molar-refractivity contribution in [3.05, 3.63) is 29.8 Å². The molecule has 19 heavy (non-hydrogen) atoms. The van der Waals surface area contributed by atoms with Crippen molar-refractivity contribution in [1.82, 2.24) is 10.0 Å². The van der Waals surface area contributed by atoms with E-state index >= 15 is 0 Å². The third kappa shape index (κ3) is 3.71. The lowest BCUT2D eigenvalue weighted by molar-refractivity contribution is 0.376. The van der Waals surface area contributed by atoms with E-state index in [4.69, 9.17) is 0 Å². The van der Waals surface area contributed by atoms with Gasteiger partial charge >= 0.3 is 0 Å². The lowest BCUT2D eigenvalue weighted by Gasteiger charge is -2.22. The summed E-state index contributed by atoms with van der Waals surface area (Å²) >= 11 is 0. The number of benzene rings is 1. The number of nitrogens with one attached hydrogen (secondary N) is 2. The van der Waals surface area contributed by atoms with E-state index < -0.39 is 21.7 Å². The van der Waals surface area contributed by atoms with Gasteiger partial charge in [0.05, 0.1) is 4.90 Å². The molecule has 2 rings (SSSR count). The molecule has 0 amide bonds. The van der Waals surface area contributed by atoms with Crippen molar-refractivity contribution in [1.29, 1.82) is 0 Å². The van der Waals surface area contributed by atoms with Gasteiger partial charge in [-0.15, -0.1) is 0 Å². The van der Waals surface area contributed by atoms with Crippen LogP contribution in [0.3, 0.4) is 0 Å². The summed E-state index contributed by atoms with van der Waals surface area (Å²) in [4.78, 5) is -0.254. The Morgan fingerprint density at radius 1 is 1.32 bits per heavy atom. The molecule has 0 bridgehead atoms. The summed E-state index contributed by atoms with van der Waals surface area (Å²) in [5, 5.41) is 3.18. The zero-order valence-corrected chi connectivity index (χ0v) is 11.1. The predicted molar refractivity (Wildman–Crippen MR) is 67.1 cm³/mol. The molecule has 4 nitrogen and oxygen atoms in total. The van der Waals surface area contributed by atoms with Gasteiger partial charge in [-0.1, -0.05) is 0 Å². The molecule has 1 aromatic carbocycles. The van der Waals surface area contributed by atoms with E-state index in [9.17, 15) is 17.2 Å². The SMILES string of the molecule is O=S(=O)(NCC1CCCNC1)c1ccc(F)c(F)c1.